The normalized spacial score (nSPS) is 18.5. The maximum Gasteiger partial charge on any atom is 0.257 e. The zero-order valence-electron chi connectivity index (χ0n) is 20.1. The summed E-state index contributed by atoms with van der Waals surface area (Å²) in [5.74, 6) is 2.36. The minimum Gasteiger partial charge on any atom is -0.497 e. The van der Waals surface area contributed by atoms with Gasteiger partial charge in [0.15, 0.2) is 0 Å². The molecule has 0 N–H and O–H groups in total. The van der Waals surface area contributed by atoms with Crippen molar-refractivity contribution in [2.45, 2.75) is 12.5 Å². The van der Waals surface area contributed by atoms with E-state index in [2.05, 4.69) is 21.9 Å². The van der Waals surface area contributed by atoms with Crippen molar-refractivity contribution in [2.75, 3.05) is 51.8 Å². The summed E-state index contributed by atoms with van der Waals surface area (Å²) in [4.78, 5) is 17.9. The molecule has 5 rings (SSSR count). The number of carbonyl (C=O) groups is 1. The standard InChI is InChI=1S/C27H30N4O4/c1-33-22-9-5-20(6-10-22)24-18-25(26-4-3-17-35-26)31(28-24)27(32)19-29-13-15-30(16-14-29)21-7-11-23(34-2)12-8-21/h3-12,17,25H,13-16,18-19H2,1-2H3. The smallest absolute Gasteiger partial charge is 0.257 e. The van der Waals surface area contributed by atoms with Crippen LogP contribution in [0, 0.1) is 0 Å². The Kier molecular flexibility index (Phi) is 6.72. The molecule has 3 aromatic rings. The van der Waals surface area contributed by atoms with Gasteiger partial charge in [0.25, 0.3) is 5.91 Å². The number of rotatable bonds is 7. The minimum absolute atomic E-state index is 0.0205. The highest BCUT2D eigenvalue weighted by Crippen LogP contribution is 2.33. The van der Waals surface area contributed by atoms with Gasteiger partial charge in [-0.2, -0.15) is 5.10 Å². The van der Waals surface area contributed by atoms with Crippen LogP contribution in [0.2, 0.25) is 0 Å². The number of carbonyl (C=O) groups excluding carboxylic acids is 1. The van der Waals surface area contributed by atoms with Crippen LogP contribution in [0.15, 0.2) is 76.4 Å². The summed E-state index contributed by atoms with van der Waals surface area (Å²) in [6, 6.07) is 19.4. The summed E-state index contributed by atoms with van der Waals surface area (Å²) in [7, 11) is 3.32. The van der Waals surface area contributed by atoms with E-state index in [0.717, 1.165) is 54.7 Å². The van der Waals surface area contributed by atoms with Crippen molar-refractivity contribution in [3.8, 4) is 11.5 Å². The molecule has 0 aliphatic carbocycles. The lowest BCUT2D eigenvalue weighted by Gasteiger charge is -2.36. The predicted octanol–water partition coefficient (Wildman–Crippen LogP) is 3.80. The number of hydrogen-bond acceptors (Lipinski definition) is 7. The quantitative estimate of drug-likeness (QED) is 0.519. The molecule has 1 saturated heterocycles. The maximum atomic E-state index is 13.4. The second-order valence-electron chi connectivity index (χ2n) is 8.71. The fraction of sp³-hybridized carbons (Fsp3) is 0.333. The fourth-order valence-electron chi connectivity index (χ4n) is 4.62. The molecular weight excluding hydrogens is 444 g/mol. The number of hydrazone groups is 1. The molecule has 1 atom stereocenters. The highest BCUT2D eigenvalue weighted by Gasteiger charge is 2.35. The number of amides is 1. The van der Waals surface area contributed by atoms with Crippen molar-refractivity contribution in [3.05, 3.63) is 78.3 Å². The van der Waals surface area contributed by atoms with Crippen molar-refractivity contribution < 1.29 is 18.7 Å². The van der Waals surface area contributed by atoms with Crippen molar-refractivity contribution in [1.82, 2.24) is 9.91 Å². The van der Waals surface area contributed by atoms with Gasteiger partial charge in [-0.3, -0.25) is 9.69 Å². The lowest BCUT2D eigenvalue weighted by Crippen LogP contribution is -2.49. The van der Waals surface area contributed by atoms with E-state index in [9.17, 15) is 4.79 Å². The number of benzene rings is 2. The van der Waals surface area contributed by atoms with Gasteiger partial charge in [-0.05, 0) is 66.2 Å². The third kappa shape index (κ3) is 5.02. The summed E-state index contributed by atoms with van der Waals surface area (Å²) in [5.41, 5.74) is 3.01. The van der Waals surface area contributed by atoms with Gasteiger partial charge < -0.3 is 18.8 Å². The van der Waals surface area contributed by atoms with Crippen molar-refractivity contribution in [2.24, 2.45) is 5.10 Å². The molecule has 0 radical (unpaired) electrons. The van der Waals surface area contributed by atoms with Crippen LogP contribution in [-0.2, 0) is 4.79 Å². The van der Waals surface area contributed by atoms with Crippen LogP contribution in [0.25, 0.3) is 0 Å². The average Bonchev–Trinajstić information content (AvgIpc) is 3.60. The molecule has 3 heterocycles. The number of nitrogens with zero attached hydrogens (tertiary/aromatic N) is 4. The fourth-order valence-corrected chi connectivity index (χ4v) is 4.62. The Balaban J connectivity index is 1.25. The predicted molar refractivity (Wildman–Crippen MR) is 134 cm³/mol. The van der Waals surface area contributed by atoms with Gasteiger partial charge in [0, 0.05) is 38.3 Å². The summed E-state index contributed by atoms with van der Waals surface area (Å²) < 4.78 is 16.2. The van der Waals surface area contributed by atoms with E-state index in [1.54, 1.807) is 25.5 Å². The van der Waals surface area contributed by atoms with Crippen molar-refractivity contribution in [1.29, 1.82) is 0 Å². The first-order valence-electron chi connectivity index (χ1n) is 11.8. The lowest BCUT2D eigenvalue weighted by molar-refractivity contribution is -0.134. The van der Waals surface area contributed by atoms with E-state index in [4.69, 9.17) is 19.0 Å². The van der Waals surface area contributed by atoms with Gasteiger partial charge in [0.1, 0.15) is 23.3 Å². The Morgan fingerprint density at radius 1 is 0.943 bits per heavy atom. The van der Waals surface area contributed by atoms with Crippen molar-refractivity contribution >= 4 is 17.3 Å². The van der Waals surface area contributed by atoms with Crippen LogP contribution in [0.1, 0.15) is 23.8 Å². The monoisotopic (exact) mass is 474 g/mol. The molecule has 35 heavy (non-hydrogen) atoms. The number of anilines is 1. The first kappa shape index (κ1) is 23.0. The number of hydrogen-bond donors (Lipinski definition) is 0. The van der Waals surface area contributed by atoms with E-state index in [1.165, 1.54) is 5.69 Å². The first-order chi connectivity index (χ1) is 17.1. The Labute approximate surface area is 205 Å². The summed E-state index contributed by atoms with van der Waals surface area (Å²) in [5, 5.41) is 6.35. The molecular formula is C27H30N4O4. The Hall–Kier alpha value is -3.78. The Morgan fingerprint density at radius 2 is 1.60 bits per heavy atom. The van der Waals surface area contributed by atoms with Gasteiger partial charge in [0.05, 0.1) is 32.7 Å². The summed E-state index contributed by atoms with van der Waals surface area (Å²) in [6.07, 6.45) is 2.25. The lowest BCUT2D eigenvalue weighted by atomic mass is 10.0. The van der Waals surface area contributed by atoms with Crippen LogP contribution in [-0.4, -0.2) is 68.5 Å². The van der Waals surface area contributed by atoms with Gasteiger partial charge in [-0.25, -0.2) is 5.01 Å². The van der Waals surface area contributed by atoms with Gasteiger partial charge in [-0.1, -0.05) is 0 Å². The molecule has 1 amide bonds. The maximum absolute atomic E-state index is 13.4. The number of ether oxygens (including phenoxy) is 2. The molecule has 2 aliphatic heterocycles. The molecule has 1 aromatic heterocycles. The second kappa shape index (κ2) is 10.2. The zero-order chi connectivity index (χ0) is 24.2. The summed E-state index contributed by atoms with van der Waals surface area (Å²) >= 11 is 0. The van der Waals surface area contributed by atoms with E-state index in [0.29, 0.717) is 13.0 Å². The van der Waals surface area contributed by atoms with Crippen LogP contribution in [0.5, 0.6) is 11.5 Å². The molecule has 0 saturated carbocycles. The SMILES string of the molecule is COc1ccc(C2=NN(C(=O)CN3CCN(c4ccc(OC)cc4)CC3)C(c3ccco3)C2)cc1. The van der Waals surface area contributed by atoms with Gasteiger partial charge in [-0.15, -0.1) is 0 Å². The van der Waals surface area contributed by atoms with E-state index >= 15 is 0 Å². The zero-order valence-corrected chi connectivity index (χ0v) is 20.1. The van der Waals surface area contributed by atoms with E-state index < -0.39 is 0 Å². The van der Waals surface area contributed by atoms with Gasteiger partial charge in [0.2, 0.25) is 0 Å². The van der Waals surface area contributed by atoms with Crippen LogP contribution in [0.4, 0.5) is 5.69 Å². The van der Waals surface area contributed by atoms with Crippen LogP contribution < -0.4 is 14.4 Å². The topological polar surface area (TPSA) is 70.8 Å². The van der Waals surface area contributed by atoms with Gasteiger partial charge >= 0.3 is 0 Å². The number of furan rings is 1. The summed E-state index contributed by atoms with van der Waals surface area (Å²) in [6.45, 7) is 3.67. The number of methoxy groups -OCH3 is 2. The van der Waals surface area contributed by atoms with Crippen LogP contribution >= 0.6 is 0 Å². The van der Waals surface area contributed by atoms with E-state index in [1.807, 2.05) is 48.5 Å². The minimum atomic E-state index is -0.241. The largest absolute Gasteiger partial charge is 0.497 e. The highest BCUT2D eigenvalue weighted by molar-refractivity contribution is 6.03. The molecule has 182 valence electrons. The molecule has 0 spiro atoms. The van der Waals surface area contributed by atoms with E-state index in [-0.39, 0.29) is 11.9 Å². The molecule has 2 aliphatic rings. The molecule has 0 bridgehead atoms. The second-order valence-corrected chi connectivity index (χ2v) is 8.71. The number of piperazine rings is 1. The Bertz CT molecular complexity index is 1150. The highest BCUT2D eigenvalue weighted by atomic mass is 16.5. The van der Waals surface area contributed by atoms with Crippen molar-refractivity contribution in [3.63, 3.8) is 0 Å². The Morgan fingerprint density at radius 3 is 2.20 bits per heavy atom. The third-order valence-corrected chi connectivity index (χ3v) is 6.63. The van der Waals surface area contributed by atoms with Crippen LogP contribution in [0.3, 0.4) is 0 Å². The average molecular weight is 475 g/mol. The molecule has 2 aromatic carbocycles. The molecule has 1 fully saturated rings. The molecule has 8 nitrogen and oxygen atoms in total. The third-order valence-electron chi connectivity index (χ3n) is 6.63. The molecule has 1 unspecified atom stereocenters. The molecule has 8 heteroatoms. The first-order valence-corrected chi connectivity index (χ1v) is 11.8.